The quantitative estimate of drug-likeness (QED) is 0.0121. The Morgan fingerprint density at radius 2 is 0.832 bits per heavy atom. The molecule has 0 amide bonds. The molecule has 10 aliphatic rings. The van der Waals surface area contributed by atoms with E-state index in [1.54, 1.807) is 21.3 Å². The number of aliphatic carboxylic acids is 2. The number of fused-ring (bicyclic) bond motifs is 6. The van der Waals surface area contributed by atoms with E-state index < -0.39 is 81.1 Å². The van der Waals surface area contributed by atoms with Crippen LogP contribution in [-0.2, 0) is 72.3 Å². The molecule has 0 aromatic heterocycles. The van der Waals surface area contributed by atoms with Crippen molar-refractivity contribution in [2.75, 3.05) is 48.3 Å². The van der Waals surface area contributed by atoms with Crippen molar-refractivity contribution in [3.63, 3.8) is 0 Å². The van der Waals surface area contributed by atoms with Crippen LogP contribution in [0.4, 0.5) is 0 Å². The molecule has 10 aliphatic carbocycles. The van der Waals surface area contributed by atoms with Gasteiger partial charge in [-0.05, 0) is 251 Å². The highest BCUT2D eigenvalue weighted by atomic mass is 16.5. The zero-order chi connectivity index (χ0) is 86.3. The first-order valence-electron chi connectivity index (χ1n) is 44.6. The molecule has 119 heavy (non-hydrogen) atoms. The van der Waals surface area contributed by atoms with E-state index in [0.29, 0.717) is 90.6 Å². The number of unbranched alkanes of at least 4 members (excludes halogenated alkanes) is 3. The van der Waals surface area contributed by atoms with Crippen molar-refractivity contribution < 1.29 is 102 Å². The van der Waals surface area contributed by atoms with E-state index in [4.69, 9.17) is 43.0 Å². The van der Waals surface area contributed by atoms with Crippen LogP contribution in [0, 0.1) is 127 Å². The lowest BCUT2D eigenvalue weighted by Crippen LogP contribution is -2.54. The van der Waals surface area contributed by atoms with Gasteiger partial charge in [-0.2, -0.15) is 0 Å². The van der Waals surface area contributed by atoms with Crippen LogP contribution in [0.15, 0.2) is 108 Å². The van der Waals surface area contributed by atoms with E-state index in [-0.39, 0.29) is 120 Å². The number of allylic oxidation sites excluding steroid dienone is 3. The Morgan fingerprint density at radius 1 is 0.445 bits per heavy atom. The van der Waals surface area contributed by atoms with Gasteiger partial charge in [-0.1, -0.05) is 160 Å². The Bertz CT molecular complexity index is 4000. The standard InChI is InChI=1S/C46H58O8.C30H48O8.C22H34O5/c1-31(2)41-23-36-25-45(30-47,46(41,26-36)44(48)54-29-35-14-20-39(51-6)21-15-35)42-24-43(53-28-34-12-18-38(50-5)19-13-34)32(3)40(42)9-7-8-22-52-27-33-10-16-37(49-4)17-11-33;1-16(2)21-11-19-13-29(15-31,30(21,14-19)28(35)36)22-12-23(32)18(4)20(22)8-6-7-9-38-24-10-17(3)27(37-5)26(34)25(24)33;1-13(2)17-8-15-10-21(12-24,22(17,11-15)20(26)27)18-9-19(25)14(3)16(18)6-4-5-7-23/h10-21,23,30-32,36,40,42-43H,7-9,22,24-29H2,1-6H3;11,15-20,22-27,32-34H,6-10,12-14H2,1-5H3,(H,35,36);8,12-16,18-19,23,25H,4-7,9-11H2,1-3H3,(H,26,27)/t32?,36?,40?,42?,43?,45-,46+;17?,18?,19?,20?,22?,23?,24?,25?,26?,27?,29-,30+;14?,15?,16?,18?,19?,21-,22+/m000/s1. The number of aldehydes is 3. The molecule has 0 radical (unpaired) electrons. The van der Waals surface area contributed by atoms with Crippen LogP contribution in [-0.4, -0.2) is 163 Å². The van der Waals surface area contributed by atoms with E-state index in [0.717, 1.165) is 121 Å². The van der Waals surface area contributed by atoms with Gasteiger partial charge >= 0.3 is 17.9 Å². The first-order valence-corrected chi connectivity index (χ1v) is 44.6. The molecule has 20 unspecified atom stereocenters. The summed E-state index contributed by atoms with van der Waals surface area (Å²) in [6.07, 6.45) is 18.8. The molecule has 658 valence electrons. The Labute approximate surface area is 706 Å². The zero-order valence-corrected chi connectivity index (χ0v) is 73.2. The summed E-state index contributed by atoms with van der Waals surface area (Å²) >= 11 is 0. The van der Waals surface area contributed by atoms with Crippen molar-refractivity contribution in [2.45, 2.75) is 254 Å². The highest BCUT2D eigenvalue weighted by molar-refractivity contribution is 5.91. The molecule has 26 atom stereocenters. The molecular formula is C98H140O21. The van der Waals surface area contributed by atoms with Crippen LogP contribution >= 0.6 is 0 Å². The first kappa shape index (κ1) is 93.0. The monoisotopic (exact) mass is 1650 g/mol. The number of carbonyl (C=O) groups excluding carboxylic acids is 4. The van der Waals surface area contributed by atoms with Gasteiger partial charge < -0.3 is 88.0 Å². The molecule has 0 spiro atoms. The van der Waals surface area contributed by atoms with Crippen molar-refractivity contribution in [2.24, 2.45) is 127 Å². The van der Waals surface area contributed by atoms with Gasteiger partial charge in [0.1, 0.15) is 71.2 Å². The van der Waals surface area contributed by atoms with Crippen LogP contribution in [0.2, 0.25) is 0 Å². The van der Waals surface area contributed by atoms with Gasteiger partial charge in [0.15, 0.2) is 0 Å². The largest absolute Gasteiger partial charge is 0.497 e. The number of esters is 1. The predicted octanol–water partition coefficient (Wildman–Crippen LogP) is 15.4. The van der Waals surface area contributed by atoms with Gasteiger partial charge in [-0.15, -0.1) is 0 Å². The molecular weight excluding hydrogens is 1510 g/mol. The summed E-state index contributed by atoms with van der Waals surface area (Å²) in [5.41, 5.74) is -0.219. The number of rotatable bonds is 38. The zero-order valence-electron chi connectivity index (χ0n) is 73.2. The SMILES string of the molecule is CC(C)C1=CC2C[C@@]1(C(=O)O)[C@@](C=O)(C1CC(O)C(C)C1CCCCO)C2.COC1C(C)CC(OCCCCC2C(C)C(O)CC2[C@@]2(C=O)CC3C=C(C(C)C)[C@@]2(C(=O)O)C3)C(O)C1O.COc1ccc(COCCCCC2C(C)C(OCc3ccc(OC)cc3)CC2[C@@]2(C=O)CC3C=C(C(C)C)[C@@]2(C(=O)OCc2ccc(OC)cc2)C3)cc1. The van der Waals surface area contributed by atoms with Gasteiger partial charge in [-0.3, -0.25) is 14.4 Å². The Hall–Kier alpha value is -6.66. The molecule has 3 aromatic rings. The summed E-state index contributed by atoms with van der Waals surface area (Å²) in [6, 6.07) is 23.5. The maximum Gasteiger partial charge on any atom is 0.317 e. The minimum Gasteiger partial charge on any atom is -0.497 e. The molecule has 6 bridgehead atoms. The molecule has 7 N–H and O–H groups in total. The van der Waals surface area contributed by atoms with Crippen LogP contribution in [0.25, 0.3) is 0 Å². The Balaban J connectivity index is 0.000000186. The highest BCUT2D eigenvalue weighted by Gasteiger charge is 2.75. The fourth-order valence-corrected chi connectivity index (χ4v) is 25.7. The third-order valence-electron chi connectivity index (χ3n) is 31.4. The number of aliphatic hydroxyl groups excluding tert-OH is 5. The normalized spacial score (nSPS) is 37.0. The van der Waals surface area contributed by atoms with Gasteiger partial charge in [0, 0.05) is 43.2 Å². The molecule has 3 aromatic carbocycles. The van der Waals surface area contributed by atoms with Gasteiger partial charge in [-0.25, -0.2) is 0 Å². The van der Waals surface area contributed by atoms with E-state index in [9.17, 15) is 59.4 Å². The molecule has 0 aliphatic heterocycles. The molecule has 13 rings (SSSR count). The van der Waals surface area contributed by atoms with Crippen molar-refractivity contribution >= 4 is 36.8 Å². The van der Waals surface area contributed by atoms with Crippen molar-refractivity contribution in [3.05, 3.63) is 124 Å². The molecule has 7 fully saturated rings. The Kier molecular flexibility index (Phi) is 30.9. The third-order valence-corrected chi connectivity index (χ3v) is 31.4. The number of hydrogen-bond acceptors (Lipinski definition) is 19. The van der Waals surface area contributed by atoms with Gasteiger partial charge in [0.2, 0.25) is 0 Å². The average molecular weight is 1650 g/mol. The van der Waals surface area contributed by atoms with E-state index >= 15 is 0 Å². The van der Waals surface area contributed by atoms with Gasteiger partial charge in [0.25, 0.3) is 0 Å². The number of carboxylic acid groups (broad SMARTS) is 2. The predicted molar refractivity (Wildman–Crippen MR) is 451 cm³/mol. The van der Waals surface area contributed by atoms with Crippen LogP contribution in [0.3, 0.4) is 0 Å². The summed E-state index contributed by atoms with van der Waals surface area (Å²) in [7, 11) is 6.50. The molecule has 21 nitrogen and oxygen atoms in total. The van der Waals surface area contributed by atoms with E-state index in [1.165, 1.54) is 13.4 Å². The number of methoxy groups -OCH3 is 4. The van der Waals surface area contributed by atoms with Crippen LogP contribution in [0.5, 0.6) is 17.2 Å². The average Bonchev–Trinajstić information content (AvgIpc) is 1.53. The fourth-order valence-electron chi connectivity index (χ4n) is 25.7. The van der Waals surface area contributed by atoms with E-state index in [1.807, 2.05) is 121 Å². The number of carbonyl (C=O) groups is 6. The highest BCUT2D eigenvalue weighted by Crippen LogP contribution is 2.74. The second-order valence-electron chi connectivity index (χ2n) is 38.4. The maximum absolute atomic E-state index is 14.8. The lowest BCUT2D eigenvalue weighted by Gasteiger charge is -2.49. The molecule has 0 heterocycles. The number of aliphatic hydroxyl groups is 5. The number of carboxylic acids is 2. The molecule has 7 saturated carbocycles. The van der Waals surface area contributed by atoms with Crippen molar-refractivity contribution in [3.8, 4) is 17.2 Å². The molecule has 21 heteroatoms. The number of hydrogen-bond donors (Lipinski definition) is 7. The fraction of sp³-hybridized carbons (Fsp3) is 0.694. The molecule has 0 saturated heterocycles. The Morgan fingerprint density at radius 3 is 1.24 bits per heavy atom. The summed E-state index contributed by atoms with van der Waals surface area (Å²) in [5, 5.41) is 72.5. The summed E-state index contributed by atoms with van der Waals surface area (Å²) in [5.74, 6) is 1.25. The van der Waals surface area contributed by atoms with E-state index in [2.05, 4.69) is 39.0 Å². The minimum atomic E-state index is -1.18. The smallest absolute Gasteiger partial charge is 0.317 e. The first-order chi connectivity index (χ1) is 56.9. The van der Waals surface area contributed by atoms with Crippen LogP contribution < -0.4 is 14.2 Å². The van der Waals surface area contributed by atoms with Gasteiger partial charge in [0.05, 0.1) is 65.1 Å². The number of ether oxygens (including phenoxy) is 8. The number of benzene rings is 3. The maximum atomic E-state index is 14.8. The summed E-state index contributed by atoms with van der Waals surface area (Å²) < 4.78 is 46.3. The summed E-state index contributed by atoms with van der Waals surface area (Å²) in [4.78, 5) is 80.0. The van der Waals surface area contributed by atoms with Crippen molar-refractivity contribution in [1.82, 2.24) is 0 Å². The van der Waals surface area contributed by atoms with Crippen molar-refractivity contribution in [1.29, 1.82) is 0 Å². The lowest BCUT2D eigenvalue weighted by atomic mass is 9.52. The second kappa shape index (κ2) is 39.5. The lowest BCUT2D eigenvalue weighted by molar-refractivity contribution is -0.178. The topological polar surface area (TPSA) is 318 Å². The van der Waals surface area contributed by atoms with Crippen LogP contribution in [0.1, 0.15) is 208 Å². The third kappa shape index (κ3) is 17.6. The summed E-state index contributed by atoms with van der Waals surface area (Å²) in [6.45, 7) is 23.0. The second-order valence-corrected chi connectivity index (χ2v) is 38.4. The minimum absolute atomic E-state index is 0.0173.